The van der Waals surface area contributed by atoms with Gasteiger partial charge in [0.15, 0.2) is 0 Å². The van der Waals surface area contributed by atoms with Crippen LogP contribution >= 0.6 is 0 Å². The predicted molar refractivity (Wildman–Crippen MR) is 26.6 cm³/mol. The second kappa shape index (κ2) is 12.1. The Morgan fingerprint density at radius 1 is 1.17 bits per heavy atom. The molecule has 0 saturated heterocycles. The molecule has 0 aromatic rings. The van der Waals surface area contributed by atoms with Crippen LogP contribution in [0.1, 0.15) is 20.3 Å². The second-order valence-electron chi connectivity index (χ2n) is 1.84. The Kier molecular flexibility index (Phi) is 24.6. The number of hydrogen-bond acceptors (Lipinski definition) is 4. The molecular formula is C4H9Na3O4Si. The Hall–Kier alpha value is 3.06. The zero-order chi connectivity index (χ0) is 7.49. The van der Waals surface area contributed by atoms with Crippen molar-refractivity contribution in [3.63, 3.8) is 0 Å². The molecule has 0 fully saturated rings. The molecule has 1 unspecified atom stereocenters. The minimum absolute atomic E-state index is 0. The molecule has 0 N–H and O–H groups in total. The molecule has 0 heterocycles. The minimum atomic E-state index is -4.99. The van der Waals surface area contributed by atoms with Crippen LogP contribution in [0.5, 0.6) is 0 Å². The zero-order valence-electron chi connectivity index (χ0n) is 8.42. The van der Waals surface area contributed by atoms with Gasteiger partial charge in [0.1, 0.15) is 0 Å². The van der Waals surface area contributed by atoms with Crippen molar-refractivity contribution in [2.24, 2.45) is 0 Å². The van der Waals surface area contributed by atoms with Crippen LogP contribution in [0.4, 0.5) is 0 Å². The first-order valence-electron chi connectivity index (χ1n) is 2.74. The van der Waals surface area contributed by atoms with Crippen LogP contribution in [0, 0.1) is 0 Å². The minimum Gasteiger partial charge on any atom is -0.861 e. The molecule has 12 heavy (non-hydrogen) atoms. The third-order valence-electron chi connectivity index (χ3n) is 0.920. The first kappa shape index (κ1) is 24.3. The van der Waals surface area contributed by atoms with Crippen molar-refractivity contribution in [3.8, 4) is 0 Å². The van der Waals surface area contributed by atoms with Gasteiger partial charge in [-0.1, -0.05) is 6.92 Å². The van der Waals surface area contributed by atoms with E-state index in [1.165, 1.54) is 6.92 Å². The molecule has 0 radical (unpaired) electrons. The fourth-order valence-electron chi connectivity index (χ4n) is 0.330. The third kappa shape index (κ3) is 18.8. The van der Waals surface area contributed by atoms with E-state index in [4.69, 9.17) is 0 Å². The second-order valence-corrected chi connectivity index (χ2v) is 3.07. The SMILES string of the molecule is CCC(C)O[Si]([O-])([O-])[O-].[Na+].[Na+].[Na+]. The van der Waals surface area contributed by atoms with Crippen molar-refractivity contribution in [2.45, 2.75) is 26.4 Å². The number of rotatable bonds is 3. The summed E-state index contributed by atoms with van der Waals surface area (Å²) in [7, 11) is -4.99. The average molecular weight is 218 g/mol. The summed E-state index contributed by atoms with van der Waals surface area (Å²) in [5.74, 6) is 0. The van der Waals surface area contributed by atoms with Crippen molar-refractivity contribution in [1.29, 1.82) is 0 Å². The van der Waals surface area contributed by atoms with E-state index in [0.717, 1.165) is 0 Å². The fourth-order valence-corrected chi connectivity index (χ4v) is 0.989. The molecule has 0 aromatic heterocycles. The first-order valence-corrected chi connectivity index (χ1v) is 4.38. The van der Waals surface area contributed by atoms with Crippen molar-refractivity contribution in [1.82, 2.24) is 0 Å². The molecule has 8 heteroatoms. The van der Waals surface area contributed by atoms with E-state index in [2.05, 4.69) is 4.43 Å². The third-order valence-corrected chi connectivity index (χ3v) is 1.61. The van der Waals surface area contributed by atoms with Gasteiger partial charge in [-0.2, -0.15) is 0 Å². The Labute approximate surface area is 140 Å². The smallest absolute Gasteiger partial charge is 0.861 e. The topological polar surface area (TPSA) is 78.4 Å². The van der Waals surface area contributed by atoms with Gasteiger partial charge in [-0.3, -0.25) is 0 Å². The van der Waals surface area contributed by atoms with Gasteiger partial charge in [0.25, 0.3) is 0 Å². The summed E-state index contributed by atoms with van der Waals surface area (Å²) >= 11 is 0. The molecule has 0 saturated carbocycles. The van der Waals surface area contributed by atoms with E-state index in [1.807, 2.05) is 0 Å². The molecule has 0 amide bonds. The van der Waals surface area contributed by atoms with Crippen molar-refractivity contribution in [3.05, 3.63) is 0 Å². The van der Waals surface area contributed by atoms with Gasteiger partial charge in [-0.05, 0) is 13.3 Å². The fraction of sp³-hybridized carbons (Fsp3) is 1.00. The van der Waals surface area contributed by atoms with E-state index in [0.29, 0.717) is 6.42 Å². The van der Waals surface area contributed by atoms with Gasteiger partial charge < -0.3 is 18.8 Å². The van der Waals surface area contributed by atoms with Crippen LogP contribution < -0.4 is 103 Å². The van der Waals surface area contributed by atoms with Crippen molar-refractivity contribution < 1.29 is 107 Å². The van der Waals surface area contributed by atoms with Crippen LogP contribution in [0.2, 0.25) is 0 Å². The summed E-state index contributed by atoms with van der Waals surface area (Å²) in [5, 5.41) is 0. The molecule has 4 nitrogen and oxygen atoms in total. The average Bonchev–Trinajstić information content (AvgIpc) is 1.62. The molecule has 0 aromatic carbocycles. The standard InChI is InChI=1S/C4H9O4Si.3Na/c1-3-4(2)8-9(5,6)7;;;/h4H,3H2,1-2H3;;;/q-3;3*+1. The van der Waals surface area contributed by atoms with E-state index in [1.54, 1.807) is 6.92 Å². The maximum Gasteiger partial charge on any atom is 1.00 e. The monoisotopic (exact) mass is 218 g/mol. The quantitative estimate of drug-likeness (QED) is 0.441. The maximum absolute atomic E-state index is 9.88. The normalized spacial score (nSPS) is 11.8. The summed E-state index contributed by atoms with van der Waals surface area (Å²) in [6.07, 6.45) is 0.0470. The molecule has 0 aliphatic carbocycles. The molecule has 0 aliphatic heterocycles. The summed E-state index contributed by atoms with van der Waals surface area (Å²) in [6, 6.07) is 0. The summed E-state index contributed by atoms with van der Waals surface area (Å²) < 4.78 is 4.06. The first-order chi connectivity index (χ1) is 3.95. The van der Waals surface area contributed by atoms with Crippen LogP contribution in [0.25, 0.3) is 0 Å². The summed E-state index contributed by atoms with van der Waals surface area (Å²) in [6.45, 7) is 3.28. The Morgan fingerprint density at radius 3 is 1.58 bits per heavy atom. The van der Waals surface area contributed by atoms with Crippen LogP contribution in [0.15, 0.2) is 0 Å². The van der Waals surface area contributed by atoms with Gasteiger partial charge in [0.05, 0.1) is 0 Å². The Balaban J connectivity index is -0.000000107. The van der Waals surface area contributed by atoms with Gasteiger partial charge in [-0.15, -0.1) is 9.05 Å². The van der Waals surface area contributed by atoms with E-state index >= 15 is 0 Å². The summed E-state index contributed by atoms with van der Waals surface area (Å²) in [5.41, 5.74) is 0. The molecule has 0 spiro atoms. The van der Waals surface area contributed by atoms with Crippen molar-refractivity contribution >= 4 is 9.05 Å². The molecule has 1 atom stereocenters. The molecule has 56 valence electrons. The molecule has 0 aliphatic rings. The van der Waals surface area contributed by atoms with E-state index in [-0.39, 0.29) is 88.7 Å². The van der Waals surface area contributed by atoms with Crippen LogP contribution in [-0.2, 0) is 4.43 Å². The van der Waals surface area contributed by atoms with Crippen LogP contribution in [-0.4, -0.2) is 15.2 Å². The Morgan fingerprint density at radius 2 is 1.50 bits per heavy atom. The van der Waals surface area contributed by atoms with Gasteiger partial charge in [0.2, 0.25) is 0 Å². The van der Waals surface area contributed by atoms with E-state index in [9.17, 15) is 14.4 Å². The van der Waals surface area contributed by atoms with Crippen LogP contribution in [0.3, 0.4) is 0 Å². The summed E-state index contributed by atoms with van der Waals surface area (Å²) in [4.78, 5) is 29.6. The molecule has 0 bridgehead atoms. The largest absolute Gasteiger partial charge is 1.00 e. The number of hydrogen-bond donors (Lipinski definition) is 0. The molecular weight excluding hydrogens is 209 g/mol. The molecule has 0 rings (SSSR count). The Bertz CT molecular complexity index is 88.9. The maximum atomic E-state index is 9.88. The van der Waals surface area contributed by atoms with E-state index < -0.39 is 15.2 Å². The predicted octanol–water partition coefficient (Wildman–Crippen LogP) is -11.7. The van der Waals surface area contributed by atoms with Gasteiger partial charge in [-0.25, -0.2) is 0 Å². The van der Waals surface area contributed by atoms with Crippen molar-refractivity contribution in [2.75, 3.05) is 0 Å². The van der Waals surface area contributed by atoms with Gasteiger partial charge in [0, 0.05) is 6.10 Å². The zero-order valence-corrected chi connectivity index (χ0v) is 15.4. The van der Waals surface area contributed by atoms with Gasteiger partial charge >= 0.3 is 88.7 Å².